The van der Waals surface area contributed by atoms with E-state index in [0.717, 1.165) is 24.3 Å². The summed E-state index contributed by atoms with van der Waals surface area (Å²) in [7, 11) is 3.61. The van der Waals surface area contributed by atoms with Crippen LogP contribution in [0.25, 0.3) is 0 Å². The van der Waals surface area contributed by atoms with Crippen molar-refractivity contribution in [2.45, 2.75) is 25.5 Å². The average molecular weight is 236 g/mol. The molecule has 2 heterocycles. The average Bonchev–Trinajstić information content (AvgIpc) is 2.77. The van der Waals surface area contributed by atoms with Gasteiger partial charge < -0.3 is 14.8 Å². The van der Waals surface area contributed by atoms with Gasteiger partial charge in [0.2, 0.25) is 0 Å². The molecule has 1 aliphatic rings. The fourth-order valence-electron chi connectivity index (χ4n) is 2.38. The smallest absolute Gasteiger partial charge is 0.137 e. The van der Waals surface area contributed by atoms with Crippen LogP contribution in [0.4, 0.5) is 0 Å². The zero-order valence-corrected chi connectivity index (χ0v) is 10.6. The molecule has 1 saturated heterocycles. The maximum Gasteiger partial charge on any atom is 0.137 e. The maximum absolute atomic E-state index is 5.82. The van der Waals surface area contributed by atoms with Gasteiger partial charge in [0.25, 0.3) is 0 Å². The molecule has 17 heavy (non-hydrogen) atoms. The first-order valence-corrected chi connectivity index (χ1v) is 6.04. The third-order valence-electron chi connectivity index (χ3n) is 3.41. The number of rotatable bonds is 4. The highest BCUT2D eigenvalue weighted by Gasteiger charge is 2.32. The number of ether oxygens (including phenoxy) is 2. The van der Waals surface area contributed by atoms with Crippen molar-refractivity contribution in [3.05, 3.63) is 24.0 Å². The number of hydrogen-bond donors (Lipinski definition) is 1. The van der Waals surface area contributed by atoms with Crippen LogP contribution in [0, 0.1) is 5.92 Å². The van der Waals surface area contributed by atoms with Crippen molar-refractivity contribution in [1.82, 2.24) is 10.3 Å². The number of aromatic nitrogens is 1. The first kappa shape index (κ1) is 12.3. The lowest BCUT2D eigenvalue weighted by Crippen LogP contribution is -2.32. The van der Waals surface area contributed by atoms with Crippen molar-refractivity contribution in [3.63, 3.8) is 0 Å². The zero-order chi connectivity index (χ0) is 12.3. The van der Waals surface area contributed by atoms with Crippen LogP contribution in [0.5, 0.6) is 5.75 Å². The van der Waals surface area contributed by atoms with Crippen LogP contribution in [-0.4, -0.2) is 31.9 Å². The van der Waals surface area contributed by atoms with Crippen LogP contribution < -0.4 is 10.1 Å². The summed E-state index contributed by atoms with van der Waals surface area (Å²) >= 11 is 0. The van der Waals surface area contributed by atoms with E-state index >= 15 is 0 Å². The molecule has 1 aliphatic heterocycles. The quantitative estimate of drug-likeness (QED) is 0.865. The van der Waals surface area contributed by atoms with Crippen LogP contribution in [0.2, 0.25) is 0 Å². The minimum atomic E-state index is 0.176. The number of nitrogens with one attached hydrogen (secondary N) is 1. The largest absolute Gasteiger partial charge is 0.495 e. The van der Waals surface area contributed by atoms with Gasteiger partial charge in [0.05, 0.1) is 25.5 Å². The van der Waals surface area contributed by atoms with E-state index in [1.807, 2.05) is 19.3 Å². The van der Waals surface area contributed by atoms with Crippen molar-refractivity contribution in [2.75, 3.05) is 20.8 Å². The lowest BCUT2D eigenvalue weighted by Gasteiger charge is -2.26. The summed E-state index contributed by atoms with van der Waals surface area (Å²) < 4.78 is 11.0. The number of likely N-dealkylation sites (N-methyl/N-ethyl adjacent to an activating group) is 1. The van der Waals surface area contributed by atoms with Gasteiger partial charge in [-0.1, -0.05) is 6.92 Å². The summed E-state index contributed by atoms with van der Waals surface area (Å²) in [6, 6.07) is 2.19. The highest BCUT2D eigenvalue weighted by atomic mass is 16.5. The monoisotopic (exact) mass is 236 g/mol. The molecule has 0 spiro atoms. The molecule has 1 aromatic rings. The van der Waals surface area contributed by atoms with E-state index in [9.17, 15) is 0 Å². The Morgan fingerprint density at radius 3 is 2.94 bits per heavy atom. The molecule has 0 aliphatic carbocycles. The van der Waals surface area contributed by atoms with E-state index in [-0.39, 0.29) is 12.1 Å². The minimum Gasteiger partial charge on any atom is -0.495 e. The molecule has 2 rings (SSSR count). The Morgan fingerprint density at radius 1 is 1.53 bits per heavy atom. The van der Waals surface area contributed by atoms with E-state index in [1.54, 1.807) is 13.3 Å². The molecule has 0 radical (unpaired) electrons. The Bertz CT molecular complexity index is 370. The predicted octanol–water partition coefficient (Wildman–Crippen LogP) is 1.78. The lowest BCUT2D eigenvalue weighted by atomic mass is 9.93. The Hall–Kier alpha value is -1.13. The second kappa shape index (κ2) is 5.47. The van der Waals surface area contributed by atoms with Gasteiger partial charge in [-0.2, -0.15) is 0 Å². The summed E-state index contributed by atoms with van der Waals surface area (Å²) in [5.41, 5.74) is 1.12. The maximum atomic E-state index is 5.82. The van der Waals surface area contributed by atoms with Gasteiger partial charge in [-0.15, -0.1) is 0 Å². The molecule has 4 nitrogen and oxygen atoms in total. The third-order valence-corrected chi connectivity index (χ3v) is 3.41. The van der Waals surface area contributed by atoms with E-state index in [4.69, 9.17) is 9.47 Å². The van der Waals surface area contributed by atoms with Crippen LogP contribution in [0.1, 0.15) is 24.9 Å². The van der Waals surface area contributed by atoms with Crippen LogP contribution in [0.15, 0.2) is 18.5 Å². The van der Waals surface area contributed by atoms with E-state index in [0.29, 0.717) is 5.92 Å². The Morgan fingerprint density at radius 2 is 2.35 bits per heavy atom. The summed E-state index contributed by atoms with van der Waals surface area (Å²) in [6.07, 6.45) is 4.93. The highest BCUT2D eigenvalue weighted by Crippen LogP contribution is 2.31. The van der Waals surface area contributed by atoms with Crippen molar-refractivity contribution in [3.8, 4) is 5.75 Å². The SMILES string of the molecule is CNC(c1cncc(OC)c1)C1OCCC1C. The number of hydrogen-bond acceptors (Lipinski definition) is 4. The summed E-state index contributed by atoms with van der Waals surface area (Å²) in [5.74, 6) is 1.35. The molecule has 3 unspecified atom stereocenters. The molecule has 0 aromatic carbocycles. The number of methoxy groups -OCH3 is 1. The Labute approximate surface area is 102 Å². The van der Waals surface area contributed by atoms with Crippen LogP contribution >= 0.6 is 0 Å². The molecule has 1 N–H and O–H groups in total. The van der Waals surface area contributed by atoms with Crippen LogP contribution in [-0.2, 0) is 4.74 Å². The summed E-state index contributed by atoms with van der Waals surface area (Å²) in [6.45, 7) is 3.08. The normalized spacial score (nSPS) is 25.8. The Balaban J connectivity index is 2.21. The molecular formula is C13H20N2O2. The van der Waals surface area contributed by atoms with Gasteiger partial charge >= 0.3 is 0 Å². The molecular weight excluding hydrogens is 216 g/mol. The second-order valence-electron chi connectivity index (χ2n) is 4.53. The first-order valence-electron chi connectivity index (χ1n) is 6.04. The second-order valence-corrected chi connectivity index (χ2v) is 4.53. The molecule has 3 atom stereocenters. The summed E-state index contributed by atoms with van der Waals surface area (Å²) in [5, 5.41) is 3.32. The predicted molar refractivity (Wildman–Crippen MR) is 66.1 cm³/mol. The standard InChI is InChI=1S/C13H20N2O2/c1-9-4-5-17-13(9)12(14-2)10-6-11(16-3)8-15-7-10/h6-9,12-14H,4-5H2,1-3H3. The van der Waals surface area contributed by atoms with E-state index < -0.39 is 0 Å². The van der Waals surface area contributed by atoms with Gasteiger partial charge in [0.15, 0.2) is 0 Å². The van der Waals surface area contributed by atoms with Crippen molar-refractivity contribution >= 4 is 0 Å². The molecule has 94 valence electrons. The Kier molecular flexibility index (Phi) is 3.97. The fraction of sp³-hybridized carbons (Fsp3) is 0.615. The van der Waals surface area contributed by atoms with E-state index in [2.05, 4.69) is 17.2 Å². The minimum absolute atomic E-state index is 0.176. The number of nitrogens with zero attached hydrogens (tertiary/aromatic N) is 1. The lowest BCUT2D eigenvalue weighted by molar-refractivity contribution is 0.0629. The molecule has 1 fully saturated rings. The van der Waals surface area contributed by atoms with Gasteiger partial charge in [-0.3, -0.25) is 4.98 Å². The molecule has 4 heteroatoms. The topological polar surface area (TPSA) is 43.4 Å². The van der Waals surface area contributed by atoms with Gasteiger partial charge in [0, 0.05) is 12.8 Å². The highest BCUT2D eigenvalue weighted by molar-refractivity contribution is 5.27. The van der Waals surface area contributed by atoms with Gasteiger partial charge in [0.1, 0.15) is 5.75 Å². The fourth-order valence-corrected chi connectivity index (χ4v) is 2.38. The van der Waals surface area contributed by atoms with Crippen molar-refractivity contribution in [2.24, 2.45) is 5.92 Å². The van der Waals surface area contributed by atoms with E-state index in [1.165, 1.54) is 0 Å². The van der Waals surface area contributed by atoms with Gasteiger partial charge in [-0.25, -0.2) is 0 Å². The molecule has 1 aromatic heterocycles. The van der Waals surface area contributed by atoms with Crippen molar-refractivity contribution < 1.29 is 9.47 Å². The molecule has 0 amide bonds. The van der Waals surface area contributed by atoms with Gasteiger partial charge in [-0.05, 0) is 31.0 Å². The summed E-state index contributed by atoms with van der Waals surface area (Å²) in [4.78, 5) is 4.20. The molecule has 0 saturated carbocycles. The van der Waals surface area contributed by atoms with Crippen LogP contribution in [0.3, 0.4) is 0 Å². The third kappa shape index (κ3) is 2.58. The first-order chi connectivity index (χ1) is 8.26. The van der Waals surface area contributed by atoms with Crippen molar-refractivity contribution in [1.29, 1.82) is 0 Å². The molecule has 0 bridgehead atoms. The number of pyridine rings is 1. The zero-order valence-electron chi connectivity index (χ0n) is 10.6.